The van der Waals surface area contributed by atoms with Crippen LogP contribution < -0.4 is 4.74 Å². The van der Waals surface area contributed by atoms with Crippen molar-refractivity contribution in [3.63, 3.8) is 0 Å². The average Bonchev–Trinajstić information content (AvgIpc) is 2.75. The molecule has 0 spiro atoms. The monoisotopic (exact) mass is 394 g/mol. The van der Waals surface area contributed by atoms with Gasteiger partial charge in [-0.15, -0.1) is 0 Å². The second kappa shape index (κ2) is 9.59. The van der Waals surface area contributed by atoms with Crippen LogP contribution in [0, 0.1) is 12.8 Å². The first-order valence-electron chi connectivity index (χ1n) is 10.3. The van der Waals surface area contributed by atoms with Crippen LogP contribution >= 0.6 is 0 Å². The molecule has 3 rings (SSSR count). The molecule has 1 unspecified atom stereocenters. The van der Waals surface area contributed by atoms with E-state index in [4.69, 9.17) is 4.74 Å². The fraction of sp³-hybridized carbons (Fsp3) is 0.417. The molecule has 1 heterocycles. The maximum Gasteiger partial charge on any atom is 0.253 e. The molecule has 29 heavy (non-hydrogen) atoms. The van der Waals surface area contributed by atoms with E-state index in [9.17, 15) is 9.59 Å². The molecule has 5 nitrogen and oxygen atoms in total. The van der Waals surface area contributed by atoms with Crippen molar-refractivity contribution < 1.29 is 14.3 Å². The fourth-order valence-electron chi connectivity index (χ4n) is 3.76. The summed E-state index contributed by atoms with van der Waals surface area (Å²) in [5.41, 5.74) is 2.88. The highest BCUT2D eigenvalue weighted by atomic mass is 16.5. The van der Waals surface area contributed by atoms with Gasteiger partial charge in [0.2, 0.25) is 5.91 Å². The lowest BCUT2D eigenvalue weighted by molar-refractivity contribution is -0.136. The number of benzene rings is 2. The second-order valence-electron chi connectivity index (χ2n) is 7.73. The van der Waals surface area contributed by atoms with Crippen molar-refractivity contribution in [1.82, 2.24) is 9.80 Å². The maximum atomic E-state index is 13.0. The molecule has 1 fully saturated rings. The molecule has 2 aromatic carbocycles. The first kappa shape index (κ1) is 20.9. The summed E-state index contributed by atoms with van der Waals surface area (Å²) in [7, 11) is 1.83. The van der Waals surface area contributed by atoms with Gasteiger partial charge in [-0.05, 0) is 56.5 Å². The fourth-order valence-corrected chi connectivity index (χ4v) is 3.76. The Morgan fingerprint density at radius 1 is 1.10 bits per heavy atom. The molecule has 0 radical (unpaired) electrons. The van der Waals surface area contributed by atoms with Crippen molar-refractivity contribution in [1.29, 1.82) is 0 Å². The molecule has 154 valence electrons. The van der Waals surface area contributed by atoms with E-state index >= 15 is 0 Å². The third kappa shape index (κ3) is 5.37. The van der Waals surface area contributed by atoms with Gasteiger partial charge in [0.1, 0.15) is 5.75 Å². The number of hydrogen-bond donors (Lipinski definition) is 0. The molecule has 1 aliphatic heterocycles. The highest BCUT2D eigenvalue weighted by Gasteiger charge is 2.30. The number of aryl methyl sites for hydroxylation is 1. The van der Waals surface area contributed by atoms with E-state index in [1.807, 2.05) is 74.3 Å². The largest absolute Gasteiger partial charge is 0.494 e. The first-order valence-corrected chi connectivity index (χ1v) is 10.3. The number of amides is 2. The highest BCUT2D eigenvalue weighted by molar-refractivity contribution is 5.94. The van der Waals surface area contributed by atoms with Gasteiger partial charge in [0.15, 0.2) is 0 Å². The van der Waals surface area contributed by atoms with Gasteiger partial charge in [0, 0.05) is 32.2 Å². The van der Waals surface area contributed by atoms with Crippen LogP contribution in [0.15, 0.2) is 48.5 Å². The molecule has 0 N–H and O–H groups in total. The molecular formula is C24H30N2O3. The number of nitrogens with zero attached hydrogens (tertiary/aromatic N) is 2. The minimum Gasteiger partial charge on any atom is -0.494 e. The van der Waals surface area contributed by atoms with Crippen LogP contribution in [0.4, 0.5) is 0 Å². The Morgan fingerprint density at radius 2 is 1.79 bits per heavy atom. The summed E-state index contributed by atoms with van der Waals surface area (Å²) in [6.45, 7) is 6.34. The summed E-state index contributed by atoms with van der Waals surface area (Å²) in [6.07, 6.45) is 1.68. The van der Waals surface area contributed by atoms with Gasteiger partial charge in [-0.2, -0.15) is 0 Å². The summed E-state index contributed by atoms with van der Waals surface area (Å²) in [5.74, 6) is 0.797. The lowest BCUT2D eigenvalue weighted by Crippen LogP contribution is -2.45. The summed E-state index contributed by atoms with van der Waals surface area (Å²) in [5, 5.41) is 0. The van der Waals surface area contributed by atoms with Gasteiger partial charge in [0.25, 0.3) is 5.91 Å². The lowest BCUT2D eigenvalue weighted by Gasteiger charge is -2.34. The average molecular weight is 395 g/mol. The number of carbonyl (C=O) groups excluding carboxylic acids is 2. The number of hydrogen-bond acceptors (Lipinski definition) is 3. The molecule has 0 bridgehead atoms. The van der Waals surface area contributed by atoms with E-state index in [2.05, 4.69) is 0 Å². The Morgan fingerprint density at radius 3 is 2.45 bits per heavy atom. The predicted octanol–water partition coefficient (Wildman–Crippen LogP) is 3.90. The van der Waals surface area contributed by atoms with E-state index in [1.165, 1.54) is 0 Å². The maximum absolute atomic E-state index is 13.0. The Balaban J connectivity index is 1.59. The molecule has 5 heteroatoms. The zero-order valence-corrected chi connectivity index (χ0v) is 17.6. The Labute approximate surface area is 173 Å². The van der Waals surface area contributed by atoms with Gasteiger partial charge in [-0.3, -0.25) is 9.59 Å². The normalized spacial score (nSPS) is 16.4. The summed E-state index contributed by atoms with van der Waals surface area (Å²) in [4.78, 5) is 29.4. The lowest BCUT2D eigenvalue weighted by atomic mass is 9.95. The van der Waals surface area contributed by atoms with E-state index in [0.717, 1.165) is 29.7 Å². The second-order valence-corrected chi connectivity index (χ2v) is 7.73. The van der Waals surface area contributed by atoms with Crippen LogP contribution in [0.5, 0.6) is 5.75 Å². The molecule has 2 aromatic rings. The molecule has 1 aliphatic rings. The molecule has 0 aliphatic carbocycles. The van der Waals surface area contributed by atoms with Crippen molar-refractivity contribution >= 4 is 11.8 Å². The third-order valence-electron chi connectivity index (χ3n) is 5.39. The molecule has 1 saturated heterocycles. The number of ether oxygens (including phenoxy) is 1. The topological polar surface area (TPSA) is 49.9 Å². The van der Waals surface area contributed by atoms with Crippen LogP contribution in [-0.2, 0) is 11.3 Å². The molecule has 0 aromatic heterocycles. The van der Waals surface area contributed by atoms with E-state index < -0.39 is 0 Å². The summed E-state index contributed by atoms with van der Waals surface area (Å²) < 4.78 is 5.47. The minimum atomic E-state index is -0.147. The van der Waals surface area contributed by atoms with Crippen molar-refractivity contribution in [3.05, 3.63) is 65.2 Å². The van der Waals surface area contributed by atoms with E-state index in [1.54, 1.807) is 4.90 Å². The van der Waals surface area contributed by atoms with Gasteiger partial charge in [-0.25, -0.2) is 0 Å². The SMILES string of the molecule is CCOc1ccc(CN(C)C(=O)C2CCCN(C(=O)c3ccc(C)cc3)C2)cc1. The van der Waals surface area contributed by atoms with Crippen molar-refractivity contribution in [2.24, 2.45) is 5.92 Å². The smallest absolute Gasteiger partial charge is 0.253 e. The number of piperidine rings is 1. The standard InChI is InChI=1S/C24H30N2O3/c1-4-29-22-13-9-19(10-14-22)16-25(3)23(27)21-6-5-15-26(17-21)24(28)20-11-7-18(2)8-12-20/h7-14,21H,4-6,15-17H2,1-3H3. The number of rotatable bonds is 6. The number of carbonyl (C=O) groups is 2. The minimum absolute atomic E-state index is 0.0108. The van der Waals surface area contributed by atoms with Crippen LogP contribution in [0.1, 0.15) is 41.3 Å². The molecular weight excluding hydrogens is 364 g/mol. The first-order chi connectivity index (χ1) is 14.0. The van der Waals surface area contributed by atoms with Crippen molar-refractivity contribution in [3.8, 4) is 5.75 Å². The molecule has 2 amide bonds. The molecule has 1 atom stereocenters. The van der Waals surface area contributed by atoms with Gasteiger partial charge in [-0.1, -0.05) is 29.8 Å². The zero-order chi connectivity index (χ0) is 20.8. The van der Waals surface area contributed by atoms with Crippen LogP contribution in [0.2, 0.25) is 0 Å². The quantitative estimate of drug-likeness (QED) is 0.747. The van der Waals surface area contributed by atoms with Gasteiger partial charge < -0.3 is 14.5 Å². The highest BCUT2D eigenvalue weighted by Crippen LogP contribution is 2.22. The van der Waals surface area contributed by atoms with E-state index in [-0.39, 0.29) is 17.7 Å². The summed E-state index contributed by atoms with van der Waals surface area (Å²) in [6, 6.07) is 15.5. The Hall–Kier alpha value is -2.82. The Kier molecular flexibility index (Phi) is 6.91. The van der Waals surface area contributed by atoms with Crippen molar-refractivity contribution in [2.75, 3.05) is 26.7 Å². The molecule has 0 saturated carbocycles. The van der Waals surface area contributed by atoms with Crippen molar-refractivity contribution in [2.45, 2.75) is 33.2 Å². The predicted molar refractivity (Wildman–Crippen MR) is 114 cm³/mol. The van der Waals surface area contributed by atoms with Gasteiger partial charge >= 0.3 is 0 Å². The third-order valence-corrected chi connectivity index (χ3v) is 5.39. The van der Waals surface area contributed by atoms with Gasteiger partial charge in [0.05, 0.1) is 12.5 Å². The van der Waals surface area contributed by atoms with E-state index in [0.29, 0.717) is 31.8 Å². The number of likely N-dealkylation sites (tertiary alicyclic amines) is 1. The summed E-state index contributed by atoms with van der Waals surface area (Å²) >= 11 is 0. The van der Waals surface area contributed by atoms with Crippen LogP contribution in [0.25, 0.3) is 0 Å². The zero-order valence-electron chi connectivity index (χ0n) is 17.6. The van der Waals surface area contributed by atoms with Crippen LogP contribution in [0.3, 0.4) is 0 Å². The Bertz CT molecular complexity index is 830. The van der Waals surface area contributed by atoms with Crippen LogP contribution in [-0.4, -0.2) is 48.4 Å².